The number of imide groups is 2. The van der Waals surface area contributed by atoms with Crippen LogP contribution in [0.3, 0.4) is 0 Å². The standard InChI is InChI=1S/C17H19N3O3/c21-15-16(22)20(13-8-9-13)17(23)19(15)11-18-10-4-7-14(18)12-5-2-1-3-6-12/h1-3,5-6,13-14H,4,7-11H2. The molecule has 4 amide bonds. The van der Waals surface area contributed by atoms with Crippen molar-refractivity contribution in [2.45, 2.75) is 37.8 Å². The fraction of sp³-hybridized carbons (Fsp3) is 0.471. The van der Waals surface area contributed by atoms with E-state index in [0.717, 1.165) is 42.0 Å². The first kappa shape index (κ1) is 14.4. The van der Waals surface area contributed by atoms with Crippen molar-refractivity contribution in [2.75, 3.05) is 13.2 Å². The molecule has 1 unspecified atom stereocenters. The first-order valence-electron chi connectivity index (χ1n) is 8.15. The van der Waals surface area contributed by atoms with Crippen LogP contribution in [0.1, 0.15) is 37.3 Å². The fourth-order valence-corrected chi connectivity index (χ4v) is 3.53. The Morgan fingerprint density at radius 2 is 1.70 bits per heavy atom. The Morgan fingerprint density at radius 3 is 2.39 bits per heavy atom. The number of carbonyl (C=O) groups is 3. The van der Waals surface area contributed by atoms with Gasteiger partial charge in [0.25, 0.3) is 0 Å². The number of likely N-dealkylation sites (tertiary alicyclic amines) is 1. The summed E-state index contributed by atoms with van der Waals surface area (Å²) < 4.78 is 0. The molecule has 120 valence electrons. The van der Waals surface area contributed by atoms with Crippen molar-refractivity contribution >= 4 is 17.8 Å². The minimum absolute atomic E-state index is 0.0625. The maximum atomic E-state index is 12.4. The summed E-state index contributed by atoms with van der Waals surface area (Å²) in [4.78, 5) is 41.0. The van der Waals surface area contributed by atoms with Crippen LogP contribution in [0.25, 0.3) is 0 Å². The number of rotatable bonds is 4. The minimum atomic E-state index is -0.680. The number of hydrogen-bond donors (Lipinski definition) is 0. The molecular formula is C17H19N3O3. The van der Waals surface area contributed by atoms with Crippen molar-refractivity contribution in [3.63, 3.8) is 0 Å². The molecule has 23 heavy (non-hydrogen) atoms. The Labute approximate surface area is 134 Å². The van der Waals surface area contributed by atoms with Crippen LogP contribution in [-0.4, -0.2) is 51.8 Å². The third kappa shape index (κ3) is 2.43. The average molecular weight is 313 g/mol. The fourth-order valence-electron chi connectivity index (χ4n) is 3.53. The first-order chi connectivity index (χ1) is 11.2. The van der Waals surface area contributed by atoms with Crippen LogP contribution in [-0.2, 0) is 9.59 Å². The van der Waals surface area contributed by atoms with Gasteiger partial charge in [0, 0.05) is 18.6 Å². The molecule has 0 aromatic heterocycles. The smallest absolute Gasteiger partial charge is 0.278 e. The Kier molecular flexibility index (Phi) is 3.41. The Balaban J connectivity index is 1.52. The highest BCUT2D eigenvalue weighted by Crippen LogP contribution is 2.34. The highest BCUT2D eigenvalue weighted by Gasteiger charge is 2.51. The molecule has 4 rings (SSSR count). The molecule has 1 saturated carbocycles. The summed E-state index contributed by atoms with van der Waals surface area (Å²) in [6.45, 7) is 1.03. The molecule has 1 aliphatic carbocycles. The molecule has 0 radical (unpaired) electrons. The Bertz CT molecular complexity index is 656. The van der Waals surface area contributed by atoms with E-state index in [4.69, 9.17) is 0 Å². The molecule has 0 spiro atoms. The normalized spacial score (nSPS) is 25.7. The SMILES string of the molecule is O=C1C(=O)N(C2CC2)C(=O)N1CN1CCCC1c1ccccc1. The van der Waals surface area contributed by atoms with E-state index in [9.17, 15) is 14.4 Å². The topological polar surface area (TPSA) is 60.9 Å². The quantitative estimate of drug-likeness (QED) is 0.627. The summed E-state index contributed by atoms with van der Waals surface area (Å²) in [5.74, 6) is -1.34. The molecule has 0 N–H and O–H groups in total. The van der Waals surface area contributed by atoms with Crippen molar-refractivity contribution in [3.8, 4) is 0 Å². The molecule has 6 heteroatoms. The lowest BCUT2D eigenvalue weighted by Gasteiger charge is -2.28. The number of nitrogens with zero attached hydrogens (tertiary/aromatic N) is 3. The van der Waals surface area contributed by atoms with Gasteiger partial charge in [-0.2, -0.15) is 0 Å². The average Bonchev–Trinajstić information content (AvgIpc) is 3.24. The predicted molar refractivity (Wildman–Crippen MR) is 82.1 cm³/mol. The highest BCUT2D eigenvalue weighted by atomic mass is 16.2. The van der Waals surface area contributed by atoms with Gasteiger partial charge >= 0.3 is 17.8 Å². The second kappa shape index (κ2) is 5.45. The van der Waals surface area contributed by atoms with Gasteiger partial charge in [0.1, 0.15) is 0 Å². The van der Waals surface area contributed by atoms with Gasteiger partial charge in [0.15, 0.2) is 0 Å². The summed E-state index contributed by atoms with van der Waals surface area (Å²) in [6, 6.07) is 9.79. The summed E-state index contributed by atoms with van der Waals surface area (Å²) in [5.41, 5.74) is 1.19. The van der Waals surface area contributed by atoms with Crippen LogP contribution in [0.4, 0.5) is 4.79 Å². The van der Waals surface area contributed by atoms with Crippen molar-refractivity contribution in [1.29, 1.82) is 0 Å². The minimum Gasteiger partial charge on any atom is -0.278 e. The summed E-state index contributed by atoms with van der Waals surface area (Å²) in [7, 11) is 0. The molecule has 2 aliphatic heterocycles. The van der Waals surface area contributed by atoms with E-state index in [1.54, 1.807) is 0 Å². The van der Waals surface area contributed by atoms with Crippen molar-refractivity contribution in [1.82, 2.24) is 14.7 Å². The largest absolute Gasteiger partial charge is 0.335 e. The lowest BCUT2D eigenvalue weighted by molar-refractivity contribution is -0.144. The lowest BCUT2D eigenvalue weighted by Crippen LogP contribution is -2.42. The zero-order valence-corrected chi connectivity index (χ0v) is 12.9. The van der Waals surface area contributed by atoms with Crippen LogP contribution in [0.5, 0.6) is 0 Å². The number of hydrogen-bond acceptors (Lipinski definition) is 4. The zero-order chi connectivity index (χ0) is 16.0. The van der Waals surface area contributed by atoms with Gasteiger partial charge in [-0.1, -0.05) is 30.3 Å². The molecular weight excluding hydrogens is 294 g/mol. The second-order valence-electron chi connectivity index (χ2n) is 6.44. The van der Waals surface area contributed by atoms with Crippen LogP contribution < -0.4 is 0 Å². The molecule has 3 aliphatic rings. The molecule has 2 saturated heterocycles. The summed E-state index contributed by atoms with van der Waals surface area (Å²) in [6.07, 6.45) is 3.65. The van der Waals surface area contributed by atoms with Gasteiger partial charge in [-0.25, -0.2) is 9.69 Å². The molecule has 1 atom stereocenters. The highest BCUT2D eigenvalue weighted by molar-refractivity contribution is 6.44. The third-order valence-electron chi connectivity index (χ3n) is 4.87. The maximum Gasteiger partial charge on any atom is 0.335 e. The molecule has 6 nitrogen and oxygen atoms in total. The van der Waals surface area contributed by atoms with Gasteiger partial charge in [0.2, 0.25) is 0 Å². The lowest BCUT2D eigenvalue weighted by atomic mass is 10.1. The van der Waals surface area contributed by atoms with Crippen LogP contribution in [0.2, 0.25) is 0 Å². The van der Waals surface area contributed by atoms with Gasteiger partial charge in [-0.15, -0.1) is 0 Å². The Hall–Kier alpha value is -2.21. The molecule has 2 heterocycles. The van der Waals surface area contributed by atoms with E-state index in [1.807, 2.05) is 18.2 Å². The first-order valence-corrected chi connectivity index (χ1v) is 8.15. The molecule has 0 bridgehead atoms. The summed E-state index contributed by atoms with van der Waals surface area (Å²) in [5, 5.41) is 0. The van der Waals surface area contributed by atoms with Crippen LogP contribution >= 0.6 is 0 Å². The van der Waals surface area contributed by atoms with Crippen molar-refractivity contribution < 1.29 is 14.4 Å². The molecule has 1 aromatic rings. The number of urea groups is 1. The third-order valence-corrected chi connectivity index (χ3v) is 4.87. The molecule has 3 fully saturated rings. The van der Waals surface area contributed by atoms with Gasteiger partial charge in [-0.3, -0.25) is 19.4 Å². The summed E-state index contributed by atoms with van der Waals surface area (Å²) >= 11 is 0. The zero-order valence-electron chi connectivity index (χ0n) is 12.9. The predicted octanol–water partition coefficient (Wildman–Crippen LogP) is 1.73. The van der Waals surface area contributed by atoms with E-state index >= 15 is 0 Å². The van der Waals surface area contributed by atoms with Crippen molar-refractivity contribution in [2.24, 2.45) is 0 Å². The number of amides is 4. The van der Waals surface area contributed by atoms with Crippen molar-refractivity contribution in [3.05, 3.63) is 35.9 Å². The van der Waals surface area contributed by atoms with Gasteiger partial charge in [0.05, 0.1) is 6.67 Å². The van der Waals surface area contributed by atoms with Gasteiger partial charge < -0.3 is 0 Å². The van der Waals surface area contributed by atoms with E-state index in [0.29, 0.717) is 0 Å². The van der Waals surface area contributed by atoms with E-state index in [2.05, 4.69) is 17.0 Å². The van der Waals surface area contributed by atoms with Gasteiger partial charge in [-0.05, 0) is 31.2 Å². The van der Waals surface area contributed by atoms with E-state index in [1.165, 1.54) is 5.56 Å². The number of carbonyl (C=O) groups excluding carboxylic acids is 3. The van der Waals surface area contributed by atoms with Crippen LogP contribution in [0.15, 0.2) is 30.3 Å². The monoisotopic (exact) mass is 313 g/mol. The Morgan fingerprint density at radius 1 is 0.957 bits per heavy atom. The second-order valence-corrected chi connectivity index (χ2v) is 6.44. The van der Waals surface area contributed by atoms with E-state index < -0.39 is 17.8 Å². The maximum absolute atomic E-state index is 12.4. The van der Waals surface area contributed by atoms with E-state index in [-0.39, 0.29) is 18.8 Å². The molecule has 1 aromatic carbocycles. The van der Waals surface area contributed by atoms with Crippen LogP contribution in [0, 0.1) is 0 Å². The number of benzene rings is 1.